The molecule has 0 aliphatic heterocycles. The SMILES string of the molecule is COc1cccc(-c2c[nH]c3ncccc23)c1. The molecular weight excluding hydrogens is 212 g/mol. The van der Waals surface area contributed by atoms with Gasteiger partial charge in [0.15, 0.2) is 0 Å². The lowest BCUT2D eigenvalue weighted by atomic mass is 10.1. The van der Waals surface area contributed by atoms with Crippen molar-refractivity contribution >= 4 is 11.0 Å². The van der Waals surface area contributed by atoms with E-state index < -0.39 is 0 Å². The molecule has 0 saturated carbocycles. The number of rotatable bonds is 2. The zero-order chi connectivity index (χ0) is 11.7. The van der Waals surface area contributed by atoms with Gasteiger partial charge in [0.25, 0.3) is 0 Å². The molecule has 0 aliphatic carbocycles. The molecule has 1 aromatic carbocycles. The maximum atomic E-state index is 5.24. The van der Waals surface area contributed by atoms with E-state index in [-0.39, 0.29) is 0 Å². The van der Waals surface area contributed by atoms with Crippen LogP contribution in [0.3, 0.4) is 0 Å². The van der Waals surface area contributed by atoms with Crippen LogP contribution in [-0.2, 0) is 0 Å². The van der Waals surface area contributed by atoms with Crippen LogP contribution in [0.4, 0.5) is 0 Å². The van der Waals surface area contributed by atoms with Gasteiger partial charge in [-0.25, -0.2) is 4.98 Å². The molecule has 3 rings (SSSR count). The molecule has 2 aromatic heterocycles. The minimum absolute atomic E-state index is 0.862. The summed E-state index contributed by atoms with van der Waals surface area (Å²) >= 11 is 0. The quantitative estimate of drug-likeness (QED) is 0.725. The summed E-state index contributed by atoms with van der Waals surface area (Å²) in [6, 6.07) is 12.0. The predicted octanol–water partition coefficient (Wildman–Crippen LogP) is 3.24. The van der Waals surface area contributed by atoms with Gasteiger partial charge in [-0.15, -0.1) is 0 Å². The molecule has 1 N–H and O–H groups in total. The third-order valence-corrected chi connectivity index (χ3v) is 2.83. The Morgan fingerprint density at radius 3 is 3.00 bits per heavy atom. The summed E-state index contributed by atoms with van der Waals surface area (Å²) in [4.78, 5) is 7.46. The number of nitrogens with zero attached hydrogens (tertiary/aromatic N) is 1. The fraction of sp³-hybridized carbons (Fsp3) is 0.0714. The zero-order valence-corrected chi connectivity index (χ0v) is 9.47. The number of methoxy groups -OCH3 is 1. The van der Waals surface area contributed by atoms with Crippen LogP contribution < -0.4 is 4.74 Å². The number of pyridine rings is 1. The highest BCUT2D eigenvalue weighted by molar-refractivity contribution is 5.93. The highest BCUT2D eigenvalue weighted by Gasteiger charge is 2.06. The van der Waals surface area contributed by atoms with Crippen molar-refractivity contribution in [2.75, 3.05) is 7.11 Å². The molecule has 2 heterocycles. The number of hydrogen-bond donors (Lipinski definition) is 1. The average Bonchev–Trinajstić information content (AvgIpc) is 2.82. The van der Waals surface area contributed by atoms with Crippen LogP contribution in [0.25, 0.3) is 22.2 Å². The minimum atomic E-state index is 0.862. The lowest BCUT2D eigenvalue weighted by Crippen LogP contribution is -1.83. The summed E-state index contributed by atoms with van der Waals surface area (Å²) in [6.07, 6.45) is 3.76. The van der Waals surface area contributed by atoms with Crippen molar-refractivity contribution in [3.63, 3.8) is 0 Å². The standard InChI is InChI=1S/C14H12N2O/c1-17-11-5-2-4-10(8-11)13-9-16-14-12(13)6-3-7-15-14/h2-9H,1H3,(H,15,16). The Labute approximate surface area is 99.1 Å². The van der Waals surface area contributed by atoms with E-state index in [1.807, 2.05) is 30.5 Å². The van der Waals surface area contributed by atoms with Crippen molar-refractivity contribution in [2.24, 2.45) is 0 Å². The number of ether oxygens (including phenoxy) is 1. The number of aromatic amines is 1. The van der Waals surface area contributed by atoms with Gasteiger partial charge in [-0.1, -0.05) is 12.1 Å². The number of nitrogens with one attached hydrogen (secondary N) is 1. The third kappa shape index (κ3) is 1.65. The molecule has 3 heteroatoms. The molecule has 3 aromatic rings. The van der Waals surface area contributed by atoms with E-state index in [4.69, 9.17) is 4.74 Å². The third-order valence-electron chi connectivity index (χ3n) is 2.83. The molecule has 0 bridgehead atoms. The van der Waals surface area contributed by atoms with Crippen LogP contribution in [0.1, 0.15) is 0 Å². The summed E-state index contributed by atoms with van der Waals surface area (Å²) < 4.78 is 5.24. The van der Waals surface area contributed by atoms with Crippen LogP contribution in [0.2, 0.25) is 0 Å². The average molecular weight is 224 g/mol. The normalized spacial score (nSPS) is 10.6. The van der Waals surface area contributed by atoms with Crippen LogP contribution >= 0.6 is 0 Å². The van der Waals surface area contributed by atoms with Gasteiger partial charge in [-0.2, -0.15) is 0 Å². The minimum Gasteiger partial charge on any atom is -0.497 e. The summed E-state index contributed by atoms with van der Waals surface area (Å²) in [7, 11) is 1.68. The van der Waals surface area contributed by atoms with Crippen LogP contribution in [0, 0.1) is 0 Å². The predicted molar refractivity (Wildman–Crippen MR) is 68.1 cm³/mol. The van der Waals surface area contributed by atoms with Gasteiger partial charge < -0.3 is 9.72 Å². The molecule has 3 nitrogen and oxygen atoms in total. The summed E-state index contributed by atoms with van der Waals surface area (Å²) in [5, 5.41) is 1.13. The van der Waals surface area contributed by atoms with E-state index in [1.165, 1.54) is 0 Å². The van der Waals surface area contributed by atoms with Gasteiger partial charge in [0.2, 0.25) is 0 Å². The van der Waals surface area contributed by atoms with Crippen molar-refractivity contribution in [1.82, 2.24) is 9.97 Å². The Hall–Kier alpha value is -2.29. The van der Waals surface area contributed by atoms with Crippen LogP contribution in [-0.4, -0.2) is 17.1 Å². The van der Waals surface area contributed by atoms with E-state index in [2.05, 4.69) is 22.1 Å². The Morgan fingerprint density at radius 1 is 1.18 bits per heavy atom. The Morgan fingerprint density at radius 2 is 2.12 bits per heavy atom. The van der Waals surface area contributed by atoms with Gasteiger partial charge in [0, 0.05) is 23.3 Å². The molecule has 0 unspecified atom stereocenters. The lowest BCUT2D eigenvalue weighted by molar-refractivity contribution is 0.415. The molecule has 0 fully saturated rings. The summed E-state index contributed by atoms with van der Waals surface area (Å²) in [5.41, 5.74) is 3.18. The van der Waals surface area contributed by atoms with E-state index >= 15 is 0 Å². The molecule has 0 aliphatic rings. The van der Waals surface area contributed by atoms with Crippen molar-refractivity contribution in [2.45, 2.75) is 0 Å². The number of aromatic nitrogens is 2. The monoisotopic (exact) mass is 224 g/mol. The smallest absolute Gasteiger partial charge is 0.137 e. The van der Waals surface area contributed by atoms with Crippen LogP contribution in [0.15, 0.2) is 48.8 Å². The maximum absolute atomic E-state index is 5.24. The molecule has 17 heavy (non-hydrogen) atoms. The number of benzene rings is 1. The number of H-pyrrole nitrogens is 1. The lowest BCUT2D eigenvalue weighted by Gasteiger charge is -2.03. The Kier molecular flexibility index (Phi) is 2.29. The van der Waals surface area contributed by atoms with Gasteiger partial charge in [0.05, 0.1) is 7.11 Å². The number of fused-ring (bicyclic) bond motifs is 1. The van der Waals surface area contributed by atoms with E-state index in [9.17, 15) is 0 Å². The van der Waals surface area contributed by atoms with E-state index in [1.54, 1.807) is 13.3 Å². The molecule has 0 amide bonds. The second kappa shape index (κ2) is 3.94. The zero-order valence-electron chi connectivity index (χ0n) is 9.47. The molecule has 84 valence electrons. The first-order valence-corrected chi connectivity index (χ1v) is 5.45. The molecule has 0 saturated heterocycles. The highest BCUT2D eigenvalue weighted by atomic mass is 16.5. The topological polar surface area (TPSA) is 37.9 Å². The largest absolute Gasteiger partial charge is 0.497 e. The van der Waals surface area contributed by atoms with Gasteiger partial charge in [0.1, 0.15) is 11.4 Å². The molecule has 0 radical (unpaired) electrons. The van der Waals surface area contributed by atoms with Crippen molar-refractivity contribution in [3.05, 3.63) is 48.8 Å². The fourth-order valence-corrected chi connectivity index (χ4v) is 1.99. The van der Waals surface area contributed by atoms with Gasteiger partial charge in [-0.3, -0.25) is 0 Å². The highest BCUT2D eigenvalue weighted by Crippen LogP contribution is 2.29. The Balaban J connectivity index is 2.20. The molecule has 0 atom stereocenters. The summed E-state index contributed by atoms with van der Waals surface area (Å²) in [5.74, 6) is 0.862. The van der Waals surface area contributed by atoms with Crippen molar-refractivity contribution in [1.29, 1.82) is 0 Å². The molecule has 0 spiro atoms. The van der Waals surface area contributed by atoms with Crippen molar-refractivity contribution in [3.8, 4) is 16.9 Å². The first-order valence-electron chi connectivity index (χ1n) is 5.45. The fourth-order valence-electron chi connectivity index (χ4n) is 1.99. The second-order valence-electron chi connectivity index (χ2n) is 3.83. The first kappa shape index (κ1) is 9.90. The maximum Gasteiger partial charge on any atom is 0.137 e. The number of hydrogen-bond acceptors (Lipinski definition) is 2. The Bertz CT molecular complexity index is 658. The summed E-state index contributed by atoms with van der Waals surface area (Å²) in [6.45, 7) is 0. The van der Waals surface area contributed by atoms with Gasteiger partial charge >= 0.3 is 0 Å². The molecular formula is C14H12N2O. The second-order valence-corrected chi connectivity index (χ2v) is 3.83. The van der Waals surface area contributed by atoms with E-state index in [0.29, 0.717) is 0 Å². The van der Waals surface area contributed by atoms with E-state index in [0.717, 1.165) is 27.9 Å². The first-order chi connectivity index (χ1) is 8.38. The van der Waals surface area contributed by atoms with Crippen molar-refractivity contribution < 1.29 is 4.74 Å². The van der Waals surface area contributed by atoms with Crippen LogP contribution in [0.5, 0.6) is 5.75 Å². The van der Waals surface area contributed by atoms with Gasteiger partial charge in [-0.05, 0) is 29.8 Å².